The van der Waals surface area contributed by atoms with Crippen LogP contribution in [0.3, 0.4) is 0 Å². The number of nitrogens with zero attached hydrogens (tertiary/aromatic N) is 2. The molecule has 174 valence electrons. The second-order valence-electron chi connectivity index (χ2n) is 6.80. The fourth-order valence-electron chi connectivity index (χ4n) is 2.71. The van der Waals surface area contributed by atoms with Crippen molar-refractivity contribution in [1.82, 2.24) is 9.97 Å². The van der Waals surface area contributed by atoms with E-state index in [1.807, 2.05) is 0 Å². The van der Waals surface area contributed by atoms with Crippen LogP contribution in [0.5, 0.6) is 11.5 Å². The summed E-state index contributed by atoms with van der Waals surface area (Å²) in [6, 6.07) is 7.62. The lowest BCUT2D eigenvalue weighted by Gasteiger charge is -2.17. The van der Waals surface area contributed by atoms with Crippen LogP contribution in [0, 0.1) is 17.7 Å². The van der Waals surface area contributed by atoms with Crippen molar-refractivity contribution in [2.24, 2.45) is 0 Å². The molecule has 33 heavy (non-hydrogen) atoms. The molecule has 0 aliphatic heterocycles. The van der Waals surface area contributed by atoms with E-state index in [0.717, 1.165) is 6.07 Å². The predicted octanol–water partition coefficient (Wildman–Crippen LogP) is 5.68. The van der Waals surface area contributed by atoms with Crippen LogP contribution in [0.25, 0.3) is 0 Å². The Morgan fingerprint density at radius 3 is 2.52 bits per heavy atom. The average Bonchev–Trinajstić information content (AvgIpc) is 2.68. The van der Waals surface area contributed by atoms with Crippen molar-refractivity contribution >= 4 is 32.9 Å². The number of hydrogen-bond acceptors (Lipinski definition) is 6. The van der Waals surface area contributed by atoms with Gasteiger partial charge in [0.2, 0.25) is 5.95 Å². The highest BCUT2D eigenvalue weighted by Crippen LogP contribution is 2.39. The predicted molar refractivity (Wildman–Crippen MR) is 113 cm³/mol. The maximum atomic E-state index is 13.3. The van der Waals surface area contributed by atoms with Gasteiger partial charge in [-0.05, 0) is 37.3 Å². The molecule has 1 aromatic carbocycles. The minimum atomic E-state index is -4.96. The lowest BCUT2D eigenvalue weighted by molar-refractivity contribution is -0.141. The summed E-state index contributed by atoms with van der Waals surface area (Å²) < 4.78 is 78.4. The van der Waals surface area contributed by atoms with Gasteiger partial charge in [-0.1, -0.05) is 17.7 Å². The summed E-state index contributed by atoms with van der Waals surface area (Å²) in [6.45, 7) is 1.39. The van der Waals surface area contributed by atoms with E-state index in [0.29, 0.717) is 6.20 Å². The third-order valence-corrected chi connectivity index (χ3v) is 5.77. The molecule has 0 aliphatic rings. The molecule has 0 saturated carbocycles. The minimum absolute atomic E-state index is 0.0370. The van der Waals surface area contributed by atoms with Gasteiger partial charge in [-0.25, -0.2) is 19.0 Å². The summed E-state index contributed by atoms with van der Waals surface area (Å²) in [5.41, 5.74) is -2.06. The number of anilines is 1. The Kier molecular flexibility index (Phi) is 6.61. The Morgan fingerprint density at radius 1 is 1.21 bits per heavy atom. The number of aromatic nitrogens is 2. The Hall–Kier alpha value is -3.25. The average molecular weight is 503 g/mol. The molecule has 0 spiro atoms. The van der Waals surface area contributed by atoms with E-state index in [4.69, 9.17) is 21.1 Å². The van der Waals surface area contributed by atoms with E-state index in [1.54, 1.807) is 0 Å². The summed E-state index contributed by atoms with van der Waals surface area (Å²) in [7, 11) is -3.12. The minimum Gasteiger partial charge on any atom is -0.453 e. The first kappa shape index (κ1) is 24.4. The van der Waals surface area contributed by atoms with Gasteiger partial charge in [0.05, 0.1) is 26.6 Å². The fraction of sp³-hybridized carbons (Fsp3) is 0.150. The molecule has 3 rings (SSSR count). The number of benzene rings is 1. The number of halogens is 5. The van der Waals surface area contributed by atoms with E-state index in [2.05, 4.69) is 15.3 Å². The van der Waals surface area contributed by atoms with Crippen molar-refractivity contribution in [2.75, 3.05) is 11.6 Å². The molecule has 1 amide bonds. The van der Waals surface area contributed by atoms with Crippen molar-refractivity contribution in [3.05, 3.63) is 70.5 Å². The van der Waals surface area contributed by atoms with Crippen molar-refractivity contribution in [3.63, 3.8) is 0 Å². The molecule has 0 saturated heterocycles. The largest absolute Gasteiger partial charge is 0.453 e. The van der Waals surface area contributed by atoms with Crippen LogP contribution in [0.1, 0.15) is 21.7 Å². The van der Waals surface area contributed by atoms with Gasteiger partial charge in [-0.15, -0.1) is 0 Å². The summed E-state index contributed by atoms with van der Waals surface area (Å²) in [4.78, 5) is 19.9. The standard InChI is InChI=1S/C20H15ClF4N4O3S/c1-10-13(6-7-15(22)28-10)32-14-9-27-18(20(23,24)25)17(21)16(14)19(30)29-11-4-3-5-12(8-11)33(2,26)31/h3-9,26H,1-2H3,(H,29,30)/t33-/m1/s1. The highest BCUT2D eigenvalue weighted by atomic mass is 35.5. The first-order chi connectivity index (χ1) is 15.3. The number of alkyl halides is 3. The summed E-state index contributed by atoms with van der Waals surface area (Å²) in [5, 5.41) is 1.34. The van der Waals surface area contributed by atoms with Gasteiger partial charge < -0.3 is 10.1 Å². The zero-order chi connectivity index (χ0) is 24.6. The van der Waals surface area contributed by atoms with Crippen molar-refractivity contribution < 1.29 is 31.3 Å². The molecule has 7 nitrogen and oxygen atoms in total. The molecule has 2 N–H and O–H groups in total. The molecule has 13 heteroatoms. The molecule has 0 unspecified atom stereocenters. The monoisotopic (exact) mass is 502 g/mol. The number of hydrogen-bond donors (Lipinski definition) is 2. The molecule has 0 fully saturated rings. The number of rotatable bonds is 5. The number of ether oxygens (including phenoxy) is 1. The van der Waals surface area contributed by atoms with E-state index in [9.17, 15) is 26.6 Å². The Bertz CT molecular complexity index is 1350. The van der Waals surface area contributed by atoms with Crippen LogP contribution in [0.15, 0.2) is 47.5 Å². The molecular weight excluding hydrogens is 488 g/mol. The smallest absolute Gasteiger partial charge is 0.434 e. The van der Waals surface area contributed by atoms with Crippen LogP contribution in [0.4, 0.5) is 23.2 Å². The normalized spacial score (nSPS) is 13.3. The van der Waals surface area contributed by atoms with Gasteiger partial charge >= 0.3 is 6.18 Å². The van der Waals surface area contributed by atoms with Gasteiger partial charge in [0.25, 0.3) is 5.91 Å². The SMILES string of the molecule is Cc1nc(F)ccc1Oc1cnc(C(F)(F)F)c(Cl)c1C(=O)Nc1cccc([S@](C)(=N)=O)c1. The van der Waals surface area contributed by atoms with E-state index in [-0.39, 0.29) is 22.0 Å². The zero-order valence-corrected chi connectivity index (χ0v) is 18.5. The second kappa shape index (κ2) is 8.94. The van der Waals surface area contributed by atoms with Gasteiger partial charge in [-0.3, -0.25) is 4.79 Å². The van der Waals surface area contributed by atoms with Crippen molar-refractivity contribution in [1.29, 1.82) is 4.78 Å². The summed E-state index contributed by atoms with van der Waals surface area (Å²) in [5.74, 6) is -2.36. The van der Waals surface area contributed by atoms with Crippen molar-refractivity contribution in [2.45, 2.75) is 18.0 Å². The van der Waals surface area contributed by atoms with Gasteiger partial charge in [0.1, 0.15) is 11.3 Å². The molecular formula is C20H15ClF4N4O3S. The number of nitrogens with one attached hydrogen (secondary N) is 2. The lowest BCUT2D eigenvalue weighted by Crippen LogP contribution is -2.18. The molecule has 1 atom stereocenters. The number of carbonyl (C=O) groups excluding carboxylic acids is 1. The maximum absolute atomic E-state index is 13.3. The molecule has 3 aromatic rings. The van der Waals surface area contributed by atoms with Gasteiger partial charge in [0.15, 0.2) is 11.4 Å². The maximum Gasteiger partial charge on any atom is 0.434 e. The molecule has 2 aromatic heterocycles. The molecule has 0 radical (unpaired) electrons. The quantitative estimate of drug-likeness (QED) is 0.345. The van der Waals surface area contributed by atoms with Gasteiger partial charge in [0, 0.05) is 16.8 Å². The summed E-state index contributed by atoms with van der Waals surface area (Å²) in [6.07, 6.45) is -3.11. The number of carbonyl (C=O) groups is 1. The Balaban J connectivity index is 2.08. The van der Waals surface area contributed by atoms with Crippen molar-refractivity contribution in [3.8, 4) is 11.5 Å². The number of aryl methyl sites for hydroxylation is 1. The van der Waals surface area contributed by atoms with Crippen LogP contribution in [0.2, 0.25) is 5.02 Å². The van der Waals surface area contributed by atoms with Crippen LogP contribution in [-0.2, 0) is 15.9 Å². The highest BCUT2D eigenvalue weighted by molar-refractivity contribution is 7.91. The third-order valence-electron chi connectivity index (χ3n) is 4.25. The molecule has 0 aliphatic carbocycles. The third kappa shape index (κ3) is 5.57. The lowest BCUT2D eigenvalue weighted by atomic mass is 10.1. The first-order valence-corrected chi connectivity index (χ1v) is 11.3. The molecule has 2 heterocycles. The van der Waals surface area contributed by atoms with E-state index >= 15 is 0 Å². The van der Waals surface area contributed by atoms with E-state index in [1.165, 1.54) is 43.5 Å². The van der Waals surface area contributed by atoms with Crippen LogP contribution in [-0.4, -0.2) is 26.3 Å². The fourth-order valence-corrected chi connectivity index (χ4v) is 3.74. The second-order valence-corrected chi connectivity index (χ2v) is 9.34. The number of amides is 1. The Morgan fingerprint density at radius 2 is 1.91 bits per heavy atom. The van der Waals surface area contributed by atoms with Crippen LogP contribution < -0.4 is 10.1 Å². The Labute approximate surface area is 190 Å². The van der Waals surface area contributed by atoms with Gasteiger partial charge in [-0.2, -0.15) is 17.6 Å². The topological polar surface area (TPSA) is 105 Å². The van der Waals surface area contributed by atoms with Crippen LogP contribution >= 0.6 is 11.6 Å². The van der Waals surface area contributed by atoms with E-state index < -0.39 is 49.8 Å². The highest BCUT2D eigenvalue weighted by Gasteiger charge is 2.38. The molecule has 0 bridgehead atoms. The summed E-state index contributed by atoms with van der Waals surface area (Å²) >= 11 is 5.92. The first-order valence-electron chi connectivity index (χ1n) is 8.99. The number of pyridine rings is 2. The zero-order valence-electron chi connectivity index (χ0n) is 17.0.